The number of rotatable bonds is 2. The molecule has 0 aliphatic carbocycles. The van der Waals surface area contributed by atoms with E-state index in [4.69, 9.17) is 0 Å². The monoisotopic (exact) mass is 327 g/mol. The van der Waals surface area contributed by atoms with Crippen molar-refractivity contribution >= 4 is 41.6 Å². The van der Waals surface area contributed by atoms with Gasteiger partial charge in [0.15, 0.2) is 0 Å². The zero-order chi connectivity index (χ0) is 13.2. The number of benzene rings is 1. The van der Waals surface area contributed by atoms with Crippen LogP contribution in [0.25, 0.3) is 10.9 Å². The summed E-state index contributed by atoms with van der Waals surface area (Å²) < 4.78 is 0. The van der Waals surface area contributed by atoms with E-state index in [-0.39, 0.29) is 36.8 Å². The Hall–Kier alpha value is -1.36. The van der Waals surface area contributed by atoms with Gasteiger partial charge in [-0.3, -0.25) is 9.78 Å². The van der Waals surface area contributed by atoms with Crippen molar-refractivity contribution in [2.45, 2.75) is 12.5 Å². The Morgan fingerprint density at radius 1 is 1.29 bits per heavy atom. The van der Waals surface area contributed by atoms with Crippen LogP contribution in [0.1, 0.15) is 16.8 Å². The molecule has 0 radical (unpaired) electrons. The number of carbonyl (C=O) groups excluding carboxylic acids is 1. The van der Waals surface area contributed by atoms with Crippen LogP contribution in [0, 0.1) is 0 Å². The summed E-state index contributed by atoms with van der Waals surface area (Å²) in [7, 11) is 1.88. The van der Waals surface area contributed by atoms with Crippen molar-refractivity contribution in [3.8, 4) is 0 Å². The van der Waals surface area contributed by atoms with Gasteiger partial charge in [-0.05, 0) is 25.1 Å². The number of halogens is 2. The van der Waals surface area contributed by atoms with Crippen molar-refractivity contribution in [1.82, 2.24) is 15.2 Å². The average Bonchev–Trinajstić information content (AvgIpc) is 2.99. The highest BCUT2D eigenvalue weighted by molar-refractivity contribution is 6.05. The third kappa shape index (κ3) is 3.46. The number of hydrogen-bond acceptors (Lipinski definition) is 3. The summed E-state index contributed by atoms with van der Waals surface area (Å²) in [6, 6.07) is 9.91. The molecule has 1 aliphatic rings. The topological polar surface area (TPSA) is 45.2 Å². The SMILES string of the molecule is CN(C(=O)c1cccc2cccnc12)C1CCNC1.Cl.Cl. The molecule has 1 atom stereocenters. The molecule has 1 aliphatic heterocycles. The van der Waals surface area contributed by atoms with Crippen LogP contribution >= 0.6 is 24.8 Å². The number of fused-ring (bicyclic) bond motifs is 1. The molecule has 1 aromatic carbocycles. The van der Waals surface area contributed by atoms with Crippen LogP contribution in [0.15, 0.2) is 36.5 Å². The van der Waals surface area contributed by atoms with Gasteiger partial charge < -0.3 is 10.2 Å². The van der Waals surface area contributed by atoms with Gasteiger partial charge in [-0.25, -0.2) is 0 Å². The second kappa shape index (κ2) is 7.59. The maximum Gasteiger partial charge on any atom is 0.256 e. The molecular weight excluding hydrogens is 309 g/mol. The van der Waals surface area contributed by atoms with Crippen molar-refractivity contribution in [2.24, 2.45) is 0 Å². The van der Waals surface area contributed by atoms with Crippen molar-refractivity contribution in [3.05, 3.63) is 42.1 Å². The summed E-state index contributed by atoms with van der Waals surface area (Å²) in [5.41, 5.74) is 1.47. The number of aromatic nitrogens is 1. The molecule has 0 bridgehead atoms. The van der Waals surface area contributed by atoms with Crippen molar-refractivity contribution in [1.29, 1.82) is 0 Å². The molecule has 1 aromatic heterocycles. The Morgan fingerprint density at radius 3 is 2.76 bits per heavy atom. The smallest absolute Gasteiger partial charge is 0.256 e. The van der Waals surface area contributed by atoms with Crippen LogP contribution in [0.4, 0.5) is 0 Å². The minimum absolute atomic E-state index is 0. The van der Waals surface area contributed by atoms with Crippen LogP contribution in [-0.4, -0.2) is 42.0 Å². The van der Waals surface area contributed by atoms with E-state index >= 15 is 0 Å². The van der Waals surface area contributed by atoms with E-state index in [2.05, 4.69) is 10.3 Å². The molecule has 1 saturated heterocycles. The number of pyridine rings is 1. The lowest BCUT2D eigenvalue weighted by molar-refractivity contribution is 0.0745. The van der Waals surface area contributed by atoms with Gasteiger partial charge in [0.05, 0.1) is 11.1 Å². The van der Waals surface area contributed by atoms with E-state index in [9.17, 15) is 4.79 Å². The molecule has 1 fully saturated rings. The van der Waals surface area contributed by atoms with Crippen LogP contribution in [-0.2, 0) is 0 Å². The Bertz CT molecular complexity index is 609. The maximum absolute atomic E-state index is 12.6. The van der Waals surface area contributed by atoms with Gasteiger partial charge in [0.1, 0.15) is 0 Å². The summed E-state index contributed by atoms with van der Waals surface area (Å²) in [5, 5.41) is 4.29. The minimum Gasteiger partial charge on any atom is -0.337 e. The highest BCUT2D eigenvalue weighted by Gasteiger charge is 2.25. The highest BCUT2D eigenvalue weighted by atomic mass is 35.5. The predicted molar refractivity (Wildman–Crippen MR) is 89.6 cm³/mol. The molecule has 4 nitrogen and oxygen atoms in total. The molecule has 21 heavy (non-hydrogen) atoms. The van der Waals surface area contributed by atoms with Gasteiger partial charge >= 0.3 is 0 Å². The number of hydrogen-bond donors (Lipinski definition) is 1. The molecule has 6 heteroatoms. The van der Waals surface area contributed by atoms with E-state index in [1.54, 1.807) is 6.20 Å². The van der Waals surface area contributed by atoms with Crippen LogP contribution in [0.2, 0.25) is 0 Å². The molecule has 0 saturated carbocycles. The van der Waals surface area contributed by atoms with Crippen molar-refractivity contribution < 1.29 is 4.79 Å². The van der Waals surface area contributed by atoms with E-state index in [1.165, 1.54) is 0 Å². The molecular formula is C15H19Cl2N3O. The van der Waals surface area contributed by atoms with E-state index < -0.39 is 0 Å². The summed E-state index contributed by atoms with van der Waals surface area (Å²) in [5.74, 6) is 0.0537. The first-order chi connectivity index (χ1) is 9.27. The summed E-state index contributed by atoms with van der Waals surface area (Å²) in [4.78, 5) is 18.8. The zero-order valence-electron chi connectivity index (χ0n) is 11.8. The first kappa shape index (κ1) is 17.7. The number of likely N-dealkylation sites (N-methyl/N-ethyl adjacent to an activating group) is 1. The normalized spacial score (nSPS) is 16.9. The highest BCUT2D eigenvalue weighted by Crippen LogP contribution is 2.19. The van der Waals surface area contributed by atoms with E-state index in [0.717, 1.165) is 30.4 Å². The fourth-order valence-corrected chi connectivity index (χ4v) is 2.60. The van der Waals surface area contributed by atoms with Gasteiger partial charge in [0.2, 0.25) is 0 Å². The van der Waals surface area contributed by atoms with Gasteiger partial charge in [0, 0.05) is 31.2 Å². The standard InChI is InChI=1S/C15H17N3O.2ClH/c1-18(12-7-9-16-10-12)15(19)13-6-2-4-11-5-3-8-17-14(11)13;;/h2-6,8,12,16H,7,9-10H2,1H3;2*1H. The fourth-order valence-electron chi connectivity index (χ4n) is 2.60. The summed E-state index contributed by atoms with van der Waals surface area (Å²) in [6.45, 7) is 1.86. The largest absolute Gasteiger partial charge is 0.337 e. The maximum atomic E-state index is 12.6. The Morgan fingerprint density at radius 2 is 2.05 bits per heavy atom. The molecule has 114 valence electrons. The minimum atomic E-state index is 0. The van der Waals surface area contributed by atoms with Crippen LogP contribution in [0.3, 0.4) is 0 Å². The lowest BCUT2D eigenvalue weighted by Crippen LogP contribution is -2.38. The van der Waals surface area contributed by atoms with Gasteiger partial charge in [0.25, 0.3) is 5.91 Å². The van der Waals surface area contributed by atoms with Crippen LogP contribution < -0.4 is 5.32 Å². The molecule has 0 spiro atoms. The van der Waals surface area contributed by atoms with Gasteiger partial charge in [-0.2, -0.15) is 0 Å². The lowest BCUT2D eigenvalue weighted by atomic mass is 10.1. The first-order valence-corrected chi connectivity index (χ1v) is 6.59. The molecule has 3 rings (SSSR count). The number of amides is 1. The second-order valence-electron chi connectivity index (χ2n) is 4.94. The third-order valence-electron chi connectivity index (χ3n) is 3.77. The summed E-state index contributed by atoms with van der Waals surface area (Å²) >= 11 is 0. The Labute approximate surface area is 136 Å². The third-order valence-corrected chi connectivity index (χ3v) is 3.77. The number of carbonyl (C=O) groups is 1. The predicted octanol–water partition coefficient (Wildman–Crippen LogP) is 2.51. The number of nitrogens with zero attached hydrogens (tertiary/aromatic N) is 2. The van der Waals surface area contributed by atoms with Crippen molar-refractivity contribution in [2.75, 3.05) is 20.1 Å². The van der Waals surface area contributed by atoms with Gasteiger partial charge in [-0.15, -0.1) is 24.8 Å². The second-order valence-corrected chi connectivity index (χ2v) is 4.94. The van der Waals surface area contributed by atoms with Gasteiger partial charge in [-0.1, -0.05) is 18.2 Å². The average molecular weight is 328 g/mol. The summed E-state index contributed by atoms with van der Waals surface area (Å²) in [6.07, 6.45) is 2.75. The Kier molecular flexibility index (Phi) is 6.40. The first-order valence-electron chi connectivity index (χ1n) is 6.59. The molecule has 1 N–H and O–H groups in total. The number of nitrogens with one attached hydrogen (secondary N) is 1. The number of para-hydroxylation sites is 1. The molecule has 2 heterocycles. The molecule has 1 amide bonds. The fraction of sp³-hybridized carbons (Fsp3) is 0.333. The lowest BCUT2D eigenvalue weighted by Gasteiger charge is -2.24. The van der Waals surface area contributed by atoms with E-state index in [0.29, 0.717) is 5.56 Å². The van der Waals surface area contributed by atoms with Crippen molar-refractivity contribution in [3.63, 3.8) is 0 Å². The molecule has 1 unspecified atom stereocenters. The zero-order valence-corrected chi connectivity index (χ0v) is 13.4. The molecule has 2 aromatic rings. The Balaban J connectivity index is 0.00000110. The van der Waals surface area contributed by atoms with E-state index in [1.807, 2.05) is 42.3 Å². The van der Waals surface area contributed by atoms with Crippen LogP contribution in [0.5, 0.6) is 0 Å². The quantitative estimate of drug-likeness (QED) is 0.921.